The quantitative estimate of drug-likeness (QED) is 0.613. The molecule has 0 spiro atoms. The lowest BCUT2D eigenvalue weighted by Gasteiger charge is -2.25. The van der Waals surface area contributed by atoms with Gasteiger partial charge in [-0.25, -0.2) is 8.42 Å². The summed E-state index contributed by atoms with van der Waals surface area (Å²) in [6, 6.07) is 22.9. The molecule has 0 saturated heterocycles. The van der Waals surface area contributed by atoms with Crippen LogP contribution in [0, 0.1) is 0 Å². The topological polar surface area (TPSA) is 46.6 Å². The van der Waals surface area contributed by atoms with E-state index in [-0.39, 0.29) is 16.5 Å². The Bertz CT molecular complexity index is 976. The molecule has 0 N–H and O–H groups in total. The van der Waals surface area contributed by atoms with Gasteiger partial charge >= 0.3 is 0 Å². The number of methoxy groups -OCH3 is 1. The molecule has 3 aromatic carbocycles. The van der Waals surface area contributed by atoms with Crippen LogP contribution < -0.4 is 9.04 Å². The molecule has 0 unspecified atom stereocenters. The molecule has 26 heavy (non-hydrogen) atoms. The fourth-order valence-electron chi connectivity index (χ4n) is 2.59. The summed E-state index contributed by atoms with van der Waals surface area (Å²) in [4.78, 5) is 0.114. The molecular weight excluding hydrogens is 370 g/mol. The monoisotopic (exact) mass is 387 g/mol. The highest BCUT2D eigenvalue weighted by molar-refractivity contribution is 7.92. The van der Waals surface area contributed by atoms with Gasteiger partial charge in [0, 0.05) is 0 Å². The van der Waals surface area contributed by atoms with Crippen molar-refractivity contribution in [3.63, 3.8) is 0 Å². The van der Waals surface area contributed by atoms with E-state index in [0.717, 1.165) is 5.56 Å². The van der Waals surface area contributed by atoms with Gasteiger partial charge in [0.2, 0.25) is 0 Å². The van der Waals surface area contributed by atoms with E-state index in [9.17, 15) is 8.42 Å². The predicted octanol–water partition coefficient (Wildman–Crippen LogP) is 4.74. The Morgan fingerprint density at radius 2 is 1.54 bits per heavy atom. The Labute approximate surface area is 158 Å². The summed E-state index contributed by atoms with van der Waals surface area (Å²) in [6.07, 6.45) is 0. The molecule has 0 atom stereocenters. The van der Waals surface area contributed by atoms with Gasteiger partial charge in [0.05, 0.1) is 29.3 Å². The van der Waals surface area contributed by atoms with Gasteiger partial charge in [-0.3, -0.25) is 4.31 Å². The van der Waals surface area contributed by atoms with Crippen LogP contribution in [0.5, 0.6) is 5.75 Å². The summed E-state index contributed by atoms with van der Waals surface area (Å²) < 4.78 is 33.1. The number of anilines is 1. The maximum absolute atomic E-state index is 13.3. The van der Waals surface area contributed by atoms with Crippen LogP contribution in [0.1, 0.15) is 5.56 Å². The van der Waals surface area contributed by atoms with Gasteiger partial charge in [-0.15, -0.1) is 0 Å². The fraction of sp³-hybridized carbons (Fsp3) is 0.100. The first-order valence-electron chi connectivity index (χ1n) is 7.97. The van der Waals surface area contributed by atoms with Crippen LogP contribution in [-0.2, 0) is 16.6 Å². The average molecular weight is 388 g/mol. The summed E-state index contributed by atoms with van der Waals surface area (Å²) in [6.45, 7) is 0.219. The molecular formula is C20H18ClNO3S. The lowest BCUT2D eigenvalue weighted by atomic mass is 10.2. The molecule has 0 heterocycles. The summed E-state index contributed by atoms with van der Waals surface area (Å²) in [5.74, 6) is 0.430. The maximum atomic E-state index is 13.3. The van der Waals surface area contributed by atoms with Crippen LogP contribution in [-0.4, -0.2) is 15.5 Å². The molecule has 0 saturated carbocycles. The van der Waals surface area contributed by atoms with Gasteiger partial charge < -0.3 is 4.74 Å². The second-order valence-corrected chi connectivity index (χ2v) is 7.90. The lowest BCUT2D eigenvalue weighted by molar-refractivity contribution is 0.414. The van der Waals surface area contributed by atoms with Crippen molar-refractivity contribution >= 4 is 27.3 Å². The Morgan fingerprint density at radius 1 is 0.923 bits per heavy atom. The summed E-state index contributed by atoms with van der Waals surface area (Å²) in [5, 5.41) is 0.251. The Balaban J connectivity index is 2.06. The largest absolute Gasteiger partial charge is 0.495 e. The summed E-state index contributed by atoms with van der Waals surface area (Å²) in [7, 11) is -2.32. The van der Waals surface area contributed by atoms with Gasteiger partial charge in [0.25, 0.3) is 10.0 Å². The molecule has 3 aromatic rings. The first-order chi connectivity index (χ1) is 12.5. The molecule has 4 nitrogen and oxygen atoms in total. The van der Waals surface area contributed by atoms with E-state index >= 15 is 0 Å². The minimum absolute atomic E-state index is 0.114. The molecule has 0 fully saturated rings. The number of hydrogen-bond donors (Lipinski definition) is 0. The normalized spacial score (nSPS) is 11.2. The van der Waals surface area contributed by atoms with Crippen LogP contribution in [0.25, 0.3) is 0 Å². The zero-order chi connectivity index (χ0) is 18.6. The number of halogens is 1. The van der Waals surface area contributed by atoms with E-state index in [2.05, 4.69) is 0 Å². The third kappa shape index (κ3) is 3.84. The third-order valence-electron chi connectivity index (χ3n) is 3.92. The molecule has 6 heteroatoms. The van der Waals surface area contributed by atoms with E-state index in [1.807, 2.05) is 48.5 Å². The molecule has 0 aliphatic heterocycles. The highest BCUT2D eigenvalue weighted by Gasteiger charge is 2.26. The van der Waals surface area contributed by atoms with Gasteiger partial charge in [0.1, 0.15) is 5.75 Å². The fourth-order valence-corrected chi connectivity index (χ4v) is 4.40. The van der Waals surface area contributed by atoms with Crippen molar-refractivity contribution in [3.8, 4) is 5.75 Å². The van der Waals surface area contributed by atoms with Crippen molar-refractivity contribution in [1.29, 1.82) is 0 Å². The first-order valence-corrected chi connectivity index (χ1v) is 9.79. The van der Waals surface area contributed by atoms with Crippen LogP contribution in [0.2, 0.25) is 5.02 Å². The van der Waals surface area contributed by atoms with Crippen molar-refractivity contribution < 1.29 is 13.2 Å². The second kappa shape index (κ2) is 7.81. The van der Waals surface area contributed by atoms with E-state index in [1.54, 1.807) is 18.2 Å². The number of hydrogen-bond acceptors (Lipinski definition) is 3. The average Bonchev–Trinajstić information content (AvgIpc) is 2.67. The number of sulfonamides is 1. The van der Waals surface area contributed by atoms with Crippen molar-refractivity contribution in [2.24, 2.45) is 0 Å². The highest BCUT2D eigenvalue weighted by atomic mass is 35.5. The van der Waals surface area contributed by atoms with E-state index in [1.165, 1.54) is 23.5 Å². The second-order valence-electron chi connectivity index (χ2n) is 5.63. The van der Waals surface area contributed by atoms with Crippen molar-refractivity contribution in [1.82, 2.24) is 0 Å². The molecule has 134 valence electrons. The maximum Gasteiger partial charge on any atom is 0.264 e. The Kier molecular flexibility index (Phi) is 5.49. The van der Waals surface area contributed by atoms with Crippen molar-refractivity contribution in [3.05, 3.63) is 89.4 Å². The summed E-state index contributed by atoms with van der Waals surface area (Å²) in [5.41, 5.74) is 1.47. The van der Waals surface area contributed by atoms with Crippen LogP contribution >= 0.6 is 11.6 Å². The molecule has 0 aliphatic carbocycles. The first kappa shape index (κ1) is 18.3. The van der Waals surface area contributed by atoms with Gasteiger partial charge in [-0.1, -0.05) is 60.1 Å². The molecule has 0 aliphatic rings. The highest BCUT2D eigenvalue weighted by Crippen LogP contribution is 2.31. The zero-order valence-corrected chi connectivity index (χ0v) is 15.7. The Hall–Kier alpha value is -2.50. The lowest BCUT2D eigenvalue weighted by Crippen LogP contribution is -2.30. The number of benzene rings is 3. The van der Waals surface area contributed by atoms with Gasteiger partial charge in [-0.2, -0.15) is 0 Å². The minimum atomic E-state index is -3.81. The molecule has 0 radical (unpaired) electrons. The standard InChI is InChI=1S/C20H18ClNO3S/c1-25-20-13-12-18(14-19(20)21)26(23,24)22(17-10-6-3-7-11-17)15-16-8-4-2-5-9-16/h2-14H,15H2,1H3. The van der Waals surface area contributed by atoms with Crippen molar-refractivity contribution in [2.45, 2.75) is 11.4 Å². The Morgan fingerprint density at radius 3 is 2.12 bits per heavy atom. The van der Waals surface area contributed by atoms with Crippen molar-refractivity contribution in [2.75, 3.05) is 11.4 Å². The van der Waals surface area contributed by atoms with Crippen LogP contribution in [0.15, 0.2) is 83.8 Å². The van der Waals surface area contributed by atoms with Gasteiger partial charge in [-0.05, 0) is 35.9 Å². The van der Waals surface area contributed by atoms with Crippen LogP contribution in [0.3, 0.4) is 0 Å². The number of rotatable bonds is 6. The predicted molar refractivity (Wildman–Crippen MR) is 104 cm³/mol. The molecule has 3 rings (SSSR count). The van der Waals surface area contributed by atoms with E-state index < -0.39 is 10.0 Å². The van der Waals surface area contributed by atoms with E-state index in [0.29, 0.717) is 11.4 Å². The molecule has 0 aromatic heterocycles. The zero-order valence-electron chi connectivity index (χ0n) is 14.2. The smallest absolute Gasteiger partial charge is 0.264 e. The number of para-hydroxylation sites is 1. The van der Waals surface area contributed by atoms with Gasteiger partial charge in [0.15, 0.2) is 0 Å². The number of nitrogens with zero attached hydrogens (tertiary/aromatic N) is 1. The van der Waals surface area contributed by atoms with E-state index in [4.69, 9.17) is 16.3 Å². The minimum Gasteiger partial charge on any atom is -0.495 e. The SMILES string of the molecule is COc1ccc(S(=O)(=O)N(Cc2ccccc2)c2ccccc2)cc1Cl. The number of ether oxygens (including phenoxy) is 1. The van der Waals surface area contributed by atoms with Crippen LogP contribution in [0.4, 0.5) is 5.69 Å². The third-order valence-corrected chi connectivity index (χ3v) is 5.99. The molecule has 0 bridgehead atoms. The summed E-state index contributed by atoms with van der Waals surface area (Å²) >= 11 is 6.14. The molecule has 0 amide bonds.